The van der Waals surface area contributed by atoms with Gasteiger partial charge in [0.05, 0.1) is 0 Å². The van der Waals surface area contributed by atoms with E-state index in [1.807, 2.05) is 48.0 Å². The molecule has 0 aliphatic heterocycles. The number of esters is 1. The minimum Gasteiger partial charge on any atom is -0.459 e. The van der Waals surface area contributed by atoms with Crippen molar-refractivity contribution in [1.82, 2.24) is 4.57 Å². The summed E-state index contributed by atoms with van der Waals surface area (Å²) < 4.78 is 7.59. The summed E-state index contributed by atoms with van der Waals surface area (Å²) >= 11 is 0. The SMILES string of the molecule is CCC(C(=O)OCc1ccccc1)n1ccc2cc(C(C)C)ccc21. The molecule has 25 heavy (non-hydrogen) atoms. The lowest BCUT2D eigenvalue weighted by Crippen LogP contribution is -2.20. The first kappa shape index (κ1) is 17.3. The quantitative estimate of drug-likeness (QED) is 0.560. The van der Waals surface area contributed by atoms with E-state index in [4.69, 9.17) is 4.74 Å². The first-order chi connectivity index (χ1) is 12.1. The Kier molecular flexibility index (Phi) is 5.22. The molecular formula is C22H25NO2. The molecule has 0 saturated carbocycles. The Labute approximate surface area is 149 Å². The van der Waals surface area contributed by atoms with Gasteiger partial charge in [0.2, 0.25) is 0 Å². The van der Waals surface area contributed by atoms with Crippen LogP contribution in [0.2, 0.25) is 0 Å². The number of ether oxygens (including phenoxy) is 1. The topological polar surface area (TPSA) is 31.2 Å². The van der Waals surface area contributed by atoms with Crippen LogP contribution in [0.3, 0.4) is 0 Å². The van der Waals surface area contributed by atoms with Crippen LogP contribution >= 0.6 is 0 Å². The van der Waals surface area contributed by atoms with Gasteiger partial charge in [0.1, 0.15) is 12.6 Å². The van der Waals surface area contributed by atoms with Crippen molar-refractivity contribution < 1.29 is 9.53 Å². The third-order valence-corrected chi connectivity index (χ3v) is 4.63. The lowest BCUT2D eigenvalue weighted by Gasteiger charge is -2.18. The van der Waals surface area contributed by atoms with Gasteiger partial charge in [-0.15, -0.1) is 0 Å². The van der Waals surface area contributed by atoms with Crippen molar-refractivity contribution >= 4 is 16.9 Å². The first-order valence-electron chi connectivity index (χ1n) is 8.91. The van der Waals surface area contributed by atoms with E-state index in [-0.39, 0.29) is 12.0 Å². The van der Waals surface area contributed by atoms with Gasteiger partial charge in [0, 0.05) is 11.7 Å². The number of aromatic nitrogens is 1. The molecule has 1 aromatic heterocycles. The molecule has 0 bridgehead atoms. The van der Waals surface area contributed by atoms with Gasteiger partial charge in [-0.25, -0.2) is 4.79 Å². The van der Waals surface area contributed by atoms with E-state index < -0.39 is 0 Å². The fourth-order valence-corrected chi connectivity index (χ4v) is 3.12. The molecular weight excluding hydrogens is 310 g/mol. The molecule has 3 rings (SSSR count). The van der Waals surface area contributed by atoms with Crippen LogP contribution in [0, 0.1) is 0 Å². The number of rotatable bonds is 6. The second-order valence-corrected chi connectivity index (χ2v) is 6.71. The smallest absolute Gasteiger partial charge is 0.329 e. The van der Waals surface area contributed by atoms with E-state index in [2.05, 4.69) is 38.1 Å². The zero-order valence-electron chi connectivity index (χ0n) is 15.1. The predicted octanol–water partition coefficient (Wildman–Crippen LogP) is 5.46. The molecule has 3 nitrogen and oxygen atoms in total. The Balaban J connectivity index is 1.80. The van der Waals surface area contributed by atoms with Gasteiger partial charge < -0.3 is 9.30 Å². The lowest BCUT2D eigenvalue weighted by atomic mass is 10.0. The summed E-state index contributed by atoms with van der Waals surface area (Å²) in [5, 5.41) is 1.17. The van der Waals surface area contributed by atoms with Gasteiger partial charge in [0.25, 0.3) is 0 Å². The zero-order valence-corrected chi connectivity index (χ0v) is 15.1. The number of hydrogen-bond donors (Lipinski definition) is 0. The number of carbonyl (C=O) groups is 1. The molecule has 3 heteroatoms. The maximum absolute atomic E-state index is 12.6. The second kappa shape index (κ2) is 7.56. The Morgan fingerprint density at radius 3 is 2.52 bits per heavy atom. The monoisotopic (exact) mass is 335 g/mol. The first-order valence-corrected chi connectivity index (χ1v) is 8.91. The molecule has 0 aliphatic rings. The minimum atomic E-state index is -0.300. The third-order valence-electron chi connectivity index (χ3n) is 4.63. The normalized spacial score (nSPS) is 12.5. The third kappa shape index (κ3) is 3.76. The number of fused-ring (bicyclic) bond motifs is 1. The molecule has 1 unspecified atom stereocenters. The molecule has 0 amide bonds. The average molecular weight is 335 g/mol. The molecule has 0 N–H and O–H groups in total. The van der Waals surface area contributed by atoms with Gasteiger partial charge >= 0.3 is 5.97 Å². The summed E-state index contributed by atoms with van der Waals surface area (Å²) in [5.74, 6) is 0.308. The van der Waals surface area contributed by atoms with Crippen LogP contribution in [0.1, 0.15) is 50.3 Å². The largest absolute Gasteiger partial charge is 0.459 e. The van der Waals surface area contributed by atoms with E-state index in [0.717, 1.165) is 11.1 Å². The van der Waals surface area contributed by atoms with Crippen molar-refractivity contribution in [1.29, 1.82) is 0 Å². The molecule has 0 spiro atoms. The van der Waals surface area contributed by atoms with Crippen LogP contribution in [-0.4, -0.2) is 10.5 Å². The van der Waals surface area contributed by atoms with E-state index >= 15 is 0 Å². The summed E-state index contributed by atoms with van der Waals surface area (Å²) in [6.45, 7) is 6.71. The summed E-state index contributed by atoms with van der Waals surface area (Å²) in [5.41, 5.74) is 3.39. The summed E-state index contributed by atoms with van der Waals surface area (Å²) in [6, 6.07) is 18.0. The highest BCUT2D eigenvalue weighted by atomic mass is 16.5. The number of carbonyl (C=O) groups excluding carboxylic acids is 1. The Morgan fingerprint density at radius 2 is 1.84 bits per heavy atom. The van der Waals surface area contributed by atoms with Crippen LogP contribution in [0.15, 0.2) is 60.8 Å². The second-order valence-electron chi connectivity index (χ2n) is 6.71. The lowest BCUT2D eigenvalue weighted by molar-refractivity contribution is -0.149. The Morgan fingerprint density at radius 1 is 1.08 bits per heavy atom. The Bertz CT molecular complexity index is 849. The summed E-state index contributed by atoms with van der Waals surface area (Å²) in [4.78, 5) is 12.6. The van der Waals surface area contributed by atoms with E-state index in [9.17, 15) is 4.79 Å². The maximum atomic E-state index is 12.6. The average Bonchev–Trinajstić information content (AvgIpc) is 3.04. The molecule has 0 aliphatic carbocycles. The molecule has 0 radical (unpaired) electrons. The van der Waals surface area contributed by atoms with E-state index in [0.29, 0.717) is 18.9 Å². The minimum absolute atomic E-state index is 0.184. The molecule has 3 aromatic rings. The van der Waals surface area contributed by atoms with Gasteiger partial charge in [0.15, 0.2) is 0 Å². The highest BCUT2D eigenvalue weighted by Crippen LogP contribution is 2.26. The van der Waals surface area contributed by atoms with Gasteiger partial charge in [-0.05, 0) is 47.1 Å². The standard InChI is InChI=1S/C22H25NO2/c1-4-20(22(24)25-15-17-8-6-5-7-9-17)23-13-12-19-14-18(16(2)3)10-11-21(19)23/h5-14,16,20H,4,15H2,1-3H3. The van der Waals surface area contributed by atoms with Crippen molar-refractivity contribution in [3.8, 4) is 0 Å². The predicted molar refractivity (Wildman–Crippen MR) is 102 cm³/mol. The van der Waals surface area contributed by atoms with Crippen molar-refractivity contribution in [2.45, 2.75) is 45.8 Å². The summed E-state index contributed by atoms with van der Waals surface area (Å²) in [7, 11) is 0. The zero-order chi connectivity index (χ0) is 17.8. The molecule has 130 valence electrons. The number of hydrogen-bond acceptors (Lipinski definition) is 2. The van der Waals surface area contributed by atoms with E-state index in [1.165, 1.54) is 10.9 Å². The van der Waals surface area contributed by atoms with Crippen molar-refractivity contribution in [2.24, 2.45) is 0 Å². The van der Waals surface area contributed by atoms with Gasteiger partial charge in [-0.1, -0.05) is 57.2 Å². The van der Waals surface area contributed by atoms with Crippen molar-refractivity contribution in [3.05, 3.63) is 71.9 Å². The van der Waals surface area contributed by atoms with Crippen molar-refractivity contribution in [3.63, 3.8) is 0 Å². The van der Waals surface area contributed by atoms with Crippen LogP contribution in [0.5, 0.6) is 0 Å². The number of nitrogens with zero attached hydrogens (tertiary/aromatic N) is 1. The molecule has 2 aromatic carbocycles. The van der Waals surface area contributed by atoms with Crippen LogP contribution in [0.25, 0.3) is 10.9 Å². The van der Waals surface area contributed by atoms with Gasteiger partial charge in [-0.2, -0.15) is 0 Å². The maximum Gasteiger partial charge on any atom is 0.329 e. The van der Waals surface area contributed by atoms with Crippen LogP contribution in [-0.2, 0) is 16.1 Å². The Hall–Kier alpha value is -2.55. The van der Waals surface area contributed by atoms with Crippen LogP contribution < -0.4 is 0 Å². The summed E-state index contributed by atoms with van der Waals surface area (Å²) in [6.07, 6.45) is 2.69. The van der Waals surface area contributed by atoms with E-state index in [1.54, 1.807) is 0 Å². The molecule has 0 saturated heterocycles. The highest BCUT2D eigenvalue weighted by molar-refractivity contribution is 5.84. The van der Waals surface area contributed by atoms with Crippen molar-refractivity contribution in [2.75, 3.05) is 0 Å². The fraction of sp³-hybridized carbons (Fsp3) is 0.318. The molecule has 0 fully saturated rings. The van der Waals surface area contributed by atoms with Crippen LogP contribution in [0.4, 0.5) is 0 Å². The fourth-order valence-electron chi connectivity index (χ4n) is 3.12. The molecule has 1 atom stereocenters. The van der Waals surface area contributed by atoms with Gasteiger partial charge in [-0.3, -0.25) is 0 Å². The molecule has 1 heterocycles. The highest BCUT2D eigenvalue weighted by Gasteiger charge is 2.21. The number of benzene rings is 2.